The third-order valence-electron chi connectivity index (χ3n) is 1.92. The lowest BCUT2D eigenvalue weighted by atomic mass is 10.2. The van der Waals surface area contributed by atoms with Crippen LogP contribution >= 0.6 is 0 Å². The van der Waals surface area contributed by atoms with Gasteiger partial charge >= 0.3 is 6.18 Å². The van der Waals surface area contributed by atoms with E-state index in [4.69, 9.17) is 0 Å². The number of alkyl halides is 3. The van der Waals surface area contributed by atoms with Crippen molar-refractivity contribution in [2.24, 2.45) is 0 Å². The maximum Gasteiger partial charge on any atom is 0.423 e. The number of nitrogens with one attached hydrogen (secondary N) is 3. The van der Waals surface area contributed by atoms with E-state index in [1.807, 2.05) is 10.9 Å². The number of allylic oxidation sites excluding steroid dienone is 1. The van der Waals surface area contributed by atoms with Crippen molar-refractivity contribution in [2.45, 2.75) is 26.2 Å². The molecule has 1 unspecified atom stereocenters. The molecule has 1 atom stereocenters. The minimum Gasteiger partial charge on any atom is -0.364 e. The van der Waals surface area contributed by atoms with E-state index in [1.54, 1.807) is 0 Å². The molecule has 80 valence electrons. The van der Waals surface area contributed by atoms with Gasteiger partial charge in [-0.05, 0) is 13.8 Å². The molecule has 0 saturated heterocycles. The van der Waals surface area contributed by atoms with Crippen LogP contribution in [0.25, 0.3) is 0 Å². The van der Waals surface area contributed by atoms with Crippen molar-refractivity contribution in [2.75, 3.05) is 0 Å². The Labute approximate surface area is 78.5 Å². The topological polar surface area (TPSA) is 53.2 Å². The summed E-state index contributed by atoms with van der Waals surface area (Å²) in [7, 11) is 0. The van der Waals surface area contributed by atoms with E-state index in [0.717, 1.165) is 0 Å². The lowest BCUT2D eigenvalue weighted by Crippen LogP contribution is -2.56. The van der Waals surface area contributed by atoms with Crippen molar-refractivity contribution >= 4 is 5.91 Å². The van der Waals surface area contributed by atoms with Gasteiger partial charge in [-0.2, -0.15) is 13.2 Å². The van der Waals surface area contributed by atoms with E-state index in [-0.39, 0.29) is 11.3 Å². The first-order chi connectivity index (χ1) is 6.32. The molecule has 1 aliphatic rings. The van der Waals surface area contributed by atoms with E-state index < -0.39 is 18.2 Å². The number of hydrogen-bond donors (Lipinski definition) is 3. The van der Waals surface area contributed by atoms with Crippen LogP contribution in [0, 0.1) is 0 Å². The molecule has 0 saturated carbocycles. The average Bonchev–Trinajstić information content (AvgIpc) is 2.17. The van der Waals surface area contributed by atoms with E-state index in [2.05, 4.69) is 5.32 Å². The van der Waals surface area contributed by atoms with Crippen molar-refractivity contribution in [1.82, 2.24) is 16.2 Å². The summed E-state index contributed by atoms with van der Waals surface area (Å²) in [5, 5.41) is 2.16. The summed E-state index contributed by atoms with van der Waals surface area (Å²) in [5.41, 5.74) is 4.24. The van der Waals surface area contributed by atoms with E-state index in [1.165, 1.54) is 13.8 Å². The highest BCUT2D eigenvalue weighted by Crippen LogP contribution is 2.20. The van der Waals surface area contributed by atoms with Gasteiger partial charge in [-0.25, -0.2) is 5.43 Å². The van der Waals surface area contributed by atoms with Gasteiger partial charge in [-0.1, -0.05) is 0 Å². The Hall–Kier alpha value is -1.24. The standard InChI is InChI=1S/C7H10F3N3O/c1-3-4(2)11-6(7(8,9)10)13-12-5(3)14/h6,11,13H,1-2H3,(H,12,14). The molecule has 0 aliphatic carbocycles. The molecule has 0 aromatic rings. The first-order valence-corrected chi connectivity index (χ1v) is 3.89. The summed E-state index contributed by atoms with van der Waals surface area (Å²) in [6.07, 6.45) is -6.41. The number of halogens is 3. The zero-order valence-corrected chi connectivity index (χ0v) is 7.62. The Morgan fingerprint density at radius 3 is 2.36 bits per heavy atom. The quantitative estimate of drug-likeness (QED) is 0.541. The van der Waals surface area contributed by atoms with Crippen LogP contribution in [0.5, 0.6) is 0 Å². The predicted octanol–water partition coefficient (Wildman–Crippen LogP) is 0.393. The summed E-state index contributed by atoms with van der Waals surface area (Å²) >= 11 is 0. The highest BCUT2D eigenvalue weighted by Gasteiger charge is 2.41. The zero-order valence-electron chi connectivity index (χ0n) is 7.62. The monoisotopic (exact) mass is 209 g/mol. The van der Waals surface area contributed by atoms with Crippen LogP contribution in [0.2, 0.25) is 0 Å². The van der Waals surface area contributed by atoms with Crippen molar-refractivity contribution in [3.05, 3.63) is 11.3 Å². The Kier molecular flexibility index (Phi) is 2.70. The summed E-state index contributed by atoms with van der Waals surface area (Å²) in [5.74, 6) is -0.568. The molecule has 3 N–H and O–H groups in total. The maximum atomic E-state index is 12.3. The molecule has 7 heteroatoms. The van der Waals surface area contributed by atoms with Crippen molar-refractivity contribution in [1.29, 1.82) is 0 Å². The predicted molar refractivity (Wildman–Crippen MR) is 42.6 cm³/mol. The van der Waals surface area contributed by atoms with Crippen LogP contribution in [0.4, 0.5) is 13.2 Å². The van der Waals surface area contributed by atoms with Crippen LogP contribution in [0.3, 0.4) is 0 Å². The molecule has 0 aromatic carbocycles. The van der Waals surface area contributed by atoms with Crippen LogP contribution in [0.1, 0.15) is 13.8 Å². The molecule has 0 bridgehead atoms. The van der Waals surface area contributed by atoms with Crippen molar-refractivity contribution in [3.8, 4) is 0 Å². The molecule has 0 radical (unpaired) electrons. The summed E-state index contributed by atoms with van der Waals surface area (Å²) in [6.45, 7) is 2.86. The molecular formula is C7H10F3N3O. The van der Waals surface area contributed by atoms with Gasteiger partial charge in [0.1, 0.15) is 0 Å². The highest BCUT2D eigenvalue weighted by molar-refractivity contribution is 5.93. The second kappa shape index (κ2) is 3.49. The largest absolute Gasteiger partial charge is 0.423 e. The van der Waals surface area contributed by atoms with Gasteiger partial charge in [0, 0.05) is 11.3 Å². The first kappa shape index (κ1) is 10.8. The third kappa shape index (κ3) is 2.16. The van der Waals surface area contributed by atoms with Gasteiger partial charge < -0.3 is 5.32 Å². The number of carbonyl (C=O) groups excluding carboxylic acids is 1. The second-order valence-electron chi connectivity index (χ2n) is 2.97. The fourth-order valence-electron chi connectivity index (χ4n) is 0.926. The highest BCUT2D eigenvalue weighted by atomic mass is 19.4. The Morgan fingerprint density at radius 2 is 1.86 bits per heavy atom. The third-order valence-corrected chi connectivity index (χ3v) is 1.92. The Balaban J connectivity index is 2.87. The van der Waals surface area contributed by atoms with Gasteiger partial charge in [-0.15, -0.1) is 0 Å². The molecule has 1 aliphatic heterocycles. The molecule has 1 rings (SSSR count). The molecule has 14 heavy (non-hydrogen) atoms. The van der Waals surface area contributed by atoms with E-state index >= 15 is 0 Å². The second-order valence-corrected chi connectivity index (χ2v) is 2.97. The number of hydrazine groups is 1. The van der Waals surface area contributed by atoms with Gasteiger partial charge in [0.05, 0.1) is 0 Å². The van der Waals surface area contributed by atoms with Gasteiger partial charge in [-0.3, -0.25) is 10.2 Å². The fraction of sp³-hybridized carbons (Fsp3) is 0.571. The number of rotatable bonds is 0. The number of amides is 1. The van der Waals surface area contributed by atoms with Gasteiger partial charge in [0.15, 0.2) is 6.17 Å². The molecule has 0 fully saturated rings. The van der Waals surface area contributed by atoms with E-state index in [0.29, 0.717) is 0 Å². The van der Waals surface area contributed by atoms with Crippen LogP contribution < -0.4 is 16.2 Å². The SMILES string of the molecule is CC1=C(C)C(=O)NNC(C(F)(F)F)N1. The molecule has 1 amide bonds. The van der Waals surface area contributed by atoms with Gasteiger partial charge in [0.25, 0.3) is 5.91 Å². The lowest BCUT2D eigenvalue weighted by molar-refractivity contribution is -0.164. The zero-order chi connectivity index (χ0) is 10.9. The van der Waals surface area contributed by atoms with Gasteiger partial charge in [0.2, 0.25) is 0 Å². The average molecular weight is 209 g/mol. The Bertz CT molecular complexity index is 284. The minimum atomic E-state index is -4.46. The molecule has 0 spiro atoms. The minimum absolute atomic E-state index is 0.204. The molecule has 4 nitrogen and oxygen atoms in total. The maximum absolute atomic E-state index is 12.3. The van der Waals surface area contributed by atoms with Crippen LogP contribution in [-0.4, -0.2) is 18.2 Å². The normalized spacial score (nSPS) is 24.1. The smallest absolute Gasteiger partial charge is 0.364 e. The number of carbonyl (C=O) groups is 1. The lowest BCUT2D eigenvalue weighted by Gasteiger charge is -2.21. The summed E-state index contributed by atoms with van der Waals surface area (Å²) in [4.78, 5) is 11.1. The van der Waals surface area contributed by atoms with Crippen molar-refractivity contribution < 1.29 is 18.0 Å². The number of hydrogen-bond acceptors (Lipinski definition) is 3. The Morgan fingerprint density at radius 1 is 1.29 bits per heavy atom. The first-order valence-electron chi connectivity index (χ1n) is 3.89. The summed E-state index contributed by atoms with van der Waals surface area (Å²) in [6, 6.07) is 0. The molecular weight excluding hydrogens is 199 g/mol. The molecule has 0 aromatic heterocycles. The fourth-order valence-corrected chi connectivity index (χ4v) is 0.926. The van der Waals surface area contributed by atoms with E-state index in [9.17, 15) is 18.0 Å². The van der Waals surface area contributed by atoms with Crippen LogP contribution in [0.15, 0.2) is 11.3 Å². The summed E-state index contributed by atoms with van der Waals surface area (Å²) < 4.78 is 36.8. The molecule has 1 heterocycles. The van der Waals surface area contributed by atoms with Crippen LogP contribution in [-0.2, 0) is 4.79 Å². The van der Waals surface area contributed by atoms with Crippen molar-refractivity contribution in [3.63, 3.8) is 0 Å².